The van der Waals surface area contributed by atoms with Gasteiger partial charge in [0.05, 0.1) is 37.6 Å². The van der Waals surface area contributed by atoms with Crippen molar-refractivity contribution in [1.82, 2.24) is 0 Å². The molecular formula is C21H38O10. The van der Waals surface area contributed by atoms with Crippen LogP contribution < -0.4 is 0 Å². The first-order valence-electron chi connectivity index (χ1n) is 9.79. The number of carboxylic acid groups (broad SMARTS) is 2. The van der Waals surface area contributed by atoms with E-state index in [0.29, 0.717) is 6.42 Å². The first-order valence-corrected chi connectivity index (χ1v) is 9.79. The predicted molar refractivity (Wildman–Crippen MR) is 115 cm³/mol. The predicted octanol–water partition coefficient (Wildman–Crippen LogP) is 0.929. The number of carboxylic acids is 2. The molecule has 0 spiro atoms. The van der Waals surface area contributed by atoms with E-state index in [1.165, 1.54) is 24.3 Å². The first-order chi connectivity index (χ1) is 14.4. The Morgan fingerprint density at radius 2 is 1.23 bits per heavy atom. The third-order valence-corrected chi connectivity index (χ3v) is 3.41. The Balaban J connectivity index is -0.000000363. The quantitative estimate of drug-likeness (QED) is 0.198. The van der Waals surface area contributed by atoms with Gasteiger partial charge in [0.1, 0.15) is 0 Å². The van der Waals surface area contributed by atoms with E-state index < -0.39 is 18.2 Å². The SMILES string of the molecule is CC(C)(CO)CO.CCCCCC(O)O.O=C(O)c1ccccc1C(=O)O.OCCO. The van der Waals surface area contributed by atoms with Crippen LogP contribution in [0.3, 0.4) is 0 Å². The Hall–Kier alpha value is -2.08. The van der Waals surface area contributed by atoms with Gasteiger partial charge in [-0.2, -0.15) is 0 Å². The number of benzene rings is 1. The second-order valence-electron chi connectivity index (χ2n) is 7.06. The maximum absolute atomic E-state index is 10.5. The molecule has 0 saturated carbocycles. The molecule has 1 aromatic rings. The molecule has 0 aromatic heterocycles. The molecule has 0 atom stereocenters. The molecule has 0 saturated heterocycles. The van der Waals surface area contributed by atoms with E-state index >= 15 is 0 Å². The summed E-state index contributed by atoms with van der Waals surface area (Å²) in [5, 5.41) is 65.9. The molecule has 0 aliphatic carbocycles. The Labute approximate surface area is 183 Å². The van der Waals surface area contributed by atoms with E-state index in [2.05, 4.69) is 6.92 Å². The minimum atomic E-state index is -1.23. The average molecular weight is 451 g/mol. The molecule has 31 heavy (non-hydrogen) atoms. The van der Waals surface area contributed by atoms with Crippen LogP contribution in [0.1, 0.15) is 67.2 Å². The maximum atomic E-state index is 10.5. The first kappa shape index (κ1) is 33.6. The summed E-state index contributed by atoms with van der Waals surface area (Å²) in [6.07, 6.45) is 2.58. The highest BCUT2D eigenvalue weighted by atomic mass is 16.5. The van der Waals surface area contributed by atoms with Crippen molar-refractivity contribution in [2.75, 3.05) is 26.4 Å². The third kappa shape index (κ3) is 22.4. The summed E-state index contributed by atoms with van der Waals surface area (Å²) in [6.45, 7) is 5.52. The highest BCUT2D eigenvalue weighted by Crippen LogP contribution is 2.10. The van der Waals surface area contributed by atoms with Crippen LogP contribution in [0.25, 0.3) is 0 Å². The molecule has 8 N–H and O–H groups in total. The van der Waals surface area contributed by atoms with Gasteiger partial charge in [-0.3, -0.25) is 0 Å². The second-order valence-corrected chi connectivity index (χ2v) is 7.06. The topological polar surface area (TPSA) is 196 Å². The van der Waals surface area contributed by atoms with Gasteiger partial charge in [-0.15, -0.1) is 0 Å². The zero-order valence-corrected chi connectivity index (χ0v) is 18.4. The lowest BCUT2D eigenvalue weighted by molar-refractivity contribution is -0.0465. The van der Waals surface area contributed by atoms with E-state index in [1.807, 2.05) is 0 Å². The minimum absolute atomic E-state index is 0.0451. The van der Waals surface area contributed by atoms with Crippen molar-refractivity contribution < 1.29 is 50.4 Å². The Morgan fingerprint density at radius 1 is 0.839 bits per heavy atom. The molecular weight excluding hydrogens is 412 g/mol. The van der Waals surface area contributed by atoms with Crippen molar-refractivity contribution in [3.63, 3.8) is 0 Å². The summed E-state index contributed by atoms with van der Waals surface area (Å²) in [7, 11) is 0. The largest absolute Gasteiger partial charge is 0.478 e. The van der Waals surface area contributed by atoms with Gasteiger partial charge < -0.3 is 40.9 Å². The number of hydrogen-bond acceptors (Lipinski definition) is 8. The highest BCUT2D eigenvalue weighted by Gasteiger charge is 2.14. The van der Waals surface area contributed by atoms with Crippen LogP contribution in [0.15, 0.2) is 24.3 Å². The molecule has 1 rings (SSSR count). The Kier molecular flexibility index (Phi) is 22.9. The van der Waals surface area contributed by atoms with Gasteiger partial charge in [0.15, 0.2) is 6.29 Å². The van der Waals surface area contributed by atoms with Gasteiger partial charge >= 0.3 is 11.9 Å². The van der Waals surface area contributed by atoms with Crippen LogP contribution in [-0.2, 0) is 0 Å². The fourth-order valence-electron chi connectivity index (χ4n) is 1.48. The number of carbonyl (C=O) groups is 2. The highest BCUT2D eigenvalue weighted by molar-refractivity contribution is 6.01. The Morgan fingerprint density at radius 3 is 1.42 bits per heavy atom. The number of rotatable bonds is 9. The van der Waals surface area contributed by atoms with Crippen LogP contribution in [0.4, 0.5) is 0 Å². The molecule has 0 aliphatic rings. The van der Waals surface area contributed by atoms with Crippen molar-refractivity contribution in [3.05, 3.63) is 35.4 Å². The summed E-state index contributed by atoms with van der Waals surface area (Å²) in [5.74, 6) is -2.46. The van der Waals surface area contributed by atoms with Gasteiger partial charge in [-0.1, -0.05) is 45.7 Å². The lowest BCUT2D eigenvalue weighted by Gasteiger charge is -2.16. The van der Waals surface area contributed by atoms with Crippen molar-refractivity contribution >= 4 is 11.9 Å². The fourth-order valence-corrected chi connectivity index (χ4v) is 1.48. The fraction of sp³-hybridized carbons (Fsp3) is 0.619. The lowest BCUT2D eigenvalue weighted by Crippen LogP contribution is -2.20. The van der Waals surface area contributed by atoms with Crippen LogP contribution >= 0.6 is 0 Å². The normalized spacial score (nSPS) is 10.0. The molecule has 0 amide bonds. The standard InChI is InChI=1S/C8H6O4.C6H14O2.C5H12O2.C2H6O2/c9-7(10)5-3-1-2-4-6(5)8(11)12;1-2-3-4-5-6(7)8;1-5(2,3-6)4-7;3-1-2-4/h1-4H,(H,9,10)(H,11,12);6-8H,2-5H2,1H3;6-7H,3-4H2,1-2H3;3-4H,1-2H2. The minimum Gasteiger partial charge on any atom is -0.478 e. The van der Waals surface area contributed by atoms with E-state index in [4.69, 9.17) is 40.9 Å². The van der Waals surface area contributed by atoms with Crippen LogP contribution in [-0.4, -0.2) is 85.5 Å². The van der Waals surface area contributed by atoms with Crippen LogP contribution in [0.5, 0.6) is 0 Å². The molecule has 0 unspecified atom stereocenters. The molecule has 10 heteroatoms. The van der Waals surface area contributed by atoms with Crippen molar-refractivity contribution in [2.45, 2.75) is 52.7 Å². The smallest absolute Gasteiger partial charge is 0.336 e. The summed E-state index contributed by atoms with van der Waals surface area (Å²) in [4.78, 5) is 20.9. The molecule has 0 aliphatic heterocycles. The van der Waals surface area contributed by atoms with E-state index in [-0.39, 0.29) is 43.0 Å². The molecule has 182 valence electrons. The third-order valence-electron chi connectivity index (χ3n) is 3.41. The molecule has 10 nitrogen and oxygen atoms in total. The summed E-state index contributed by atoms with van der Waals surface area (Å²) in [5.41, 5.74) is -0.685. The van der Waals surface area contributed by atoms with Gasteiger partial charge in [-0.25, -0.2) is 9.59 Å². The monoisotopic (exact) mass is 450 g/mol. The Bertz CT molecular complexity index is 532. The van der Waals surface area contributed by atoms with Gasteiger partial charge in [-0.05, 0) is 25.0 Å². The number of aromatic carboxylic acids is 2. The van der Waals surface area contributed by atoms with Crippen LogP contribution in [0.2, 0.25) is 0 Å². The zero-order valence-electron chi connectivity index (χ0n) is 18.4. The molecule has 0 fully saturated rings. The number of unbranched alkanes of at least 4 members (excludes halogenated alkanes) is 2. The van der Waals surface area contributed by atoms with Gasteiger partial charge in [0.25, 0.3) is 0 Å². The van der Waals surface area contributed by atoms with Gasteiger partial charge in [0.2, 0.25) is 0 Å². The lowest BCUT2D eigenvalue weighted by atomic mass is 9.97. The zero-order chi connectivity index (χ0) is 24.9. The van der Waals surface area contributed by atoms with Crippen molar-refractivity contribution in [2.24, 2.45) is 5.41 Å². The van der Waals surface area contributed by atoms with Gasteiger partial charge in [0, 0.05) is 5.41 Å². The van der Waals surface area contributed by atoms with Crippen molar-refractivity contribution in [1.29, 1.82) is 0 Å². The number of aliphatic hydroxyl groups excluding tert-OH is 5. The van der Waals surface area contributed by atoms with E-state index in [1.54, 1.807) is 13.8 Å². The molecule has 1 aromatic carbocycles. The van der Waals surface area contributed by atoms with Crippen LogP contribution in [0, 0.1) is 5.41 Å². The van der Waals surface area contributed by atoms with E-state index in [0.717, 1.165) is 19.3 Å². The number of aliphatic hydroxyl groups is 6. The molecule has 0 bridgehead atoms. The second kappa shape index (κ2) is 21.2. The number of hydrogen-bond donors (Lipinski definition) is 8. The summed E-state index contributed by atoms with van der Waals surface area (Å²) < 4.78 is 0. The maximum Gasteiger partial charge on any atom is 0.336 e. The average Bonchev–Trinajstić information content (AvgIpc) is 2.74. The molecule has 0 heterocycles. The summed E-state index contributed by atoms with van der Waals surface area (Å²) in [6, 6.07) is 5.48. The van der Waals surface area contributed by atoms with Crippen molar-refractivity contribution in [3.8, 4) is 0 Å². The summed E-state index contributed by atoms with van der Waals surface area (Å²) >= 11 is 0. The van der Waals surface area contributed by atoms with E-state index in [9.17, 15) is 9.59 Å². The molecule has 0 radical (unpaired) electrons.